The van der Waals surface area contributed by atoms with Crippen LogP contribution in [0.2, 0.25) is 15.1 Å². The normalized spacial score (nSPS) is 17.3. The number of amides is 2. The van der Waals surface area contributed by atoms with Crippen LogP contribution in [0.15, 0.2) is 41.2 Å². The fraction of sp³-hybridized carbons (Fsp3) is 0.379. The maximum atomic E-state index is 14.2. The summed E-state index contributed by atoms with van der Waals surface area (Å²) in [5, 5.41) is 3.52. The highest BCUT2D eigenvalue weighted by molar-refractivity contribution is 6.42. The highest BCUT2D eigenvalue weighted by Gasteiger charge is 2.36. The fourth-order valence-electron chi connectivity index (χ4n) is 5.22. The topological polar surface area (TPSA) is 87.5 Å². The average Bonchev–Trinajstić information content (AvgIpc) is 3.79. The predicted octanol–water partition coefficient (Wildman–Crippen LogP) is 5.37. The Bertz CT molecular complexity index is 1570. The Balaban J connectivity index is 1.61. The SMILES string of the molecule is CNC(=O)c1ccc(-n2c(N(C)[C@@H](C)C3CC3)nc3c(c2=O)C[C@@H](C)N(C(=O)c2ccc(Cl)c(Cl)c2)C3)c(Cl)c1. The van der Waals surface area contributed by atoms with E-state index in [9.17, 15) is 14.4 Å². The van der Waals surface area contributed by atoms with Gasteiger partial charge in [-0.15, -0.1) is 0 Å². The van der Waals surface area contributed by atoms with Gasteiger partial charge in [-0.3, -0.25) is 14.4 Å². The molecule has 2 atom stereocenters. The molecule has 0 bridgehead atoms. The zero-order valence-corrected chi connectivity index (χ0v) is 24.9. The molecule has 0 spiro atoms. The Kier molecular flexibility index (Phi) is 7.88. The van der Waals surface area contributed by atoms with E-state index in [2.05, 4.69) is 12.2 Å². The lowest BCUT2D eigenvalue weighted by Crippen LogP contribution is -2.47. The molecule has 2 aliphatic rings. The van der Waals surface area contributed by atoms with Crippen molar-refractivity contribution in [3.05, 3.63) is 84.2 Å². The second-order valence-corrected chi connectivity index (χ2v) is 11.7. The van der Waals surface area contributed by atoms with Crippen LogP contribution in [0.1, 0.15) is 58.7 Å². The molecule has 0 saturated heterocycles. The number of hydrogen-bond acceptors (Lipinski definition) is 5. The molecule has 2 amide bonds. The lowest BCUT2D eigenvalue weighted by Gasteiger charge is -2.36. The Hall–Kier alpha value is -3.07. The molecule has 0 unspecified atom stereocenters. The molecule has 40 heavy (non-hydrogen) atoms. The summed E-state index contributed by atoms with van der Waals surface area (Å²) in [5.74, 6) is 0.459. The van der Waals surface area contributed by atoms with Crippen LogP contribution in [0.5, 0.6) is 0 Å². The van der Waals surface area contributed by atoms with E-state index in [1.54, 1.807) is 48.3 Å². The maximum absolute atomic E-state index is 14.2. The van der Waals surface area contributed by atoms with Crippen molar-refractivity contribution in [1.82, 2.24) is 19.8 Å². The van der Waals surface area contributed by atoms with Crippen LogP contribution in [0.3, 0.4) is 0 Å². The van der Waals surface area contributed by atoms with E-state index in [0.29, 0.717) is 56.4 Å². The molecule has 0 radical (unpaired) electrons. The zero-order valence-electron chi connectivity index (χ0n) is 22.7. The minimum atomic E-state index is -0.274. The van der Waals surface area contributed by atoms with Crippen molar-refractivity contribution in [2.24, 2.45) is 5.92 Å². The maximum Gasteiger partial charge on any atom is 0.263 e. The Morgan fingerprint density at radius 3 is 2.35 bits per heavy atom. The number of carbonyl (C=O) groups is 2. The summed E-state index contributed by atoms with van der Waals surface area (Å²) in [6, 6.07) is 9.53. The van der Waals surface area contributed by atoms with Crippen LogP contribution in [0.25, 0.3) is 5.69 Å². The molecular formula is C29H30Cl3N5O3. The van der Waals surface area contributed by atoms with E-state index in [1.165, 1.54) is 4.57 Å². The van der Waals surface area contributed by atoms with Crippen LogP contribution < -0.4 is 15.8 Å². The fourth-order valence-corrected chi connectivity index (χ4v) is 5.78. The summed E-state index contributed by atoms with van der Waals surface area (Å²) in [6.07, 6.45) is 2.56. The lowest BCUT2D eigenvalue weighted by atomic mass is 9.98. The van der Waals surface area contributed by atoms with Crippen molar-refractivity contribution in [1.29, 1.82) is 0 Å². The number of fused-ring (bicyclic) bond motifs is 1. The van der Waals surface area contributed by atoms with Gasteiger partial charge in [-0.2, -0.15) is 0 Å². The third-order valence-corrected chi connectivity index (χ3v) is 8.97. The third-order valence-electron chi connectivity index (χ3n) is 7.93. The number of carbonyl (C=O) groups excluding carboxylic acids is 2. The smallest absolute Gasteiger partial charge is 0.263 e. The molecule has 1 aliphatic carbocycles. The minimum absolute atomic E-state index is 0.136. The molecule has 1 fully saturated rings. The van der Waals surface area contributed by atoms with Crippen molar-refractivity contribution in [3.8, 4) is 5.69 Å². The van der Waals surface area contributed by atoms with Gasteiger partial charge in [0, 0.05) is 42.9 Å². The highest BCUT2D eigenvalue weighted by atomic mass is 35.5. The molecule has 2 heterocycles. The first kappa shape index (κ1) is 28.5. The zero-order chi connectivity index (χ0) is 28.9. The van der Waals surface area contributed by atoms with Crippen molar-refractivity contribution in [2.45, 2.75) is 51.7 Å². The Labute approximate surface area is 247 Å². The van der Waals surface area contributed by atoms with Crippen molar-refractivity contribution >= 4 is 52.6 Å². The van der Waals surface area contributed by atoms with Gasteiger partial charge in [0.05, 0.1) is 33.0 Å². The van der Waals surface area contributed by atoms with Crippen molar-refractivity contribution < 1.29 is 9.59 Å². The van der Waals surface area contributed by atoms with Gasteiger partial charge in [-0.1, -0.05) is 34.8 Å². The van der Waals surface area contributed by atoms with Gasteiger partial charge in [0.2, 0.25) is 5.95 Å². The van der Waals surface area contributed by atoms with Crippen LogP contribution in [0.4, 0.5) is 5.95 Å². The Morgan fingerprint density at radius 2 is 1.73 bits per heavy atom. The molecule has 1 aliphatic heterocycles. The molecule has 3 aromatic rings. The van der Waals surface area contributed by atoms with Crippen molar-refractivity contribution in [2.75, 3.05) is 19.0 Å². The average molecular weight is 603 g/mol. The first-order valence-corrected chi connectivity index (χ1v) is 14.3. The van der Waals surface area contributed by atoms with Gasteiger partial charge in [-0.25, -0.2) is 9.55 Å². The summed E-state index contributed by atoms with van der Waals surface area (Å²) in [4.78, 5) is 48.5. The summed E-state index contributed by atoms with van der Waals surface area (Å²) in [5.41, 5.74) is 2.10. The number of aromatic nitrogens is 2. The third kappa shape index (κ3) is 5.20. The second kappa shape index (κ2) is 11.1. The number of rotatable bonds is 6. The number of nitrogens with zero attached hydrogens (tertiary/aromatic N) is 4. The van der Waals surface area contributed by atoms with Gasteiger partial charge in [0.15, 0.2) is 0 Å². The summed E-state index contributed by atoms with van der Waals surface area (Å²) >= 11 is 18.9. The van der Waals surface area contributed by atoms with Gasteiger partial charge in [0.1, 0.15) is 0 Å². The van der Waals surface area contributed by atoms with E-state index in [1.807, 2.05) is 18.9 Å². The number of halogens is 3. The second-order valence-electron chi connectivity index (χ2n) is 10.5. The summed E-state index contributed by atoms with van der Waals surface area (Å²) in [7, 11) is 3.47. The van der Waals surface area contributed by atoms with Crippen LogP contribution >= 0.6 is 34.8 Å². The van der Waals surface area contributed by atoms with Gasteiger partial charge >= 0.3 is 0 Å². The van der Waals surface area contributed by atoms with Crippen LogP contribution in [0, 0.1) is 5.92 Å². The van der Waals surface area contributed by atoms with Gasteiger partial charge < -0.3 is 15.1 Å². The van der Waals surface area contributed by atoms with Gasteiger partial charge in [-0.05, 0) is 75.4 Å². The molecule has 1 aromatic heterocycles. The summed E-state index contributed by atoms with van der Waals surface area (Å²) in [6.45, 7) is 4.20. The monoisotopic (exact) mass is 601 g/mol. The predicted molar refractivity (Wildman–Crippen MR) is 158 cm³/mol. The summed E-state index contributed by atoms with van der Waals surface area (Å²) < 4.78 is 1.54. The molecule has 1 saturated carbocycles. The molecule has 8 nitrogen and oxygen atoms in total. The number of anilines is 1. The first-order valence-electron chi connectivity index (χ1n) is 13.2. The lowest BCUT2D eigenvalue weighted by molar-refractivity contribution is 0.0653. The van der Waals surface area contributed by atoms with E-state index >= 15 is 0 Å². The molecule has 11 heteroatoms. The minimum Gasteiger partial charge on any atom is -0.355 e. The molecule has 2 aromatic carbocycles. The molecule has 210 valence electrons. The number of benzene rings is 2. The first-order chi connectivity index (χ1) is 19.0. The number of nitrogens with one attached hydrogen (secondary N) is 1. The van der Waals surface area contributed by atoms with Crippen LogP contribution in [-0.4, -0.2) is 52.4 Å². The number of hydrogen-bond donors (Lipinski definition) is 1. The molecule has 1 N–H and O–H groups in total. The highest BCUT2D eigenvalue weighted by Crippen LogP contribution is 2.37. The standard InChI is InChI=1S/C29H30Cl3N5O3/c1-15-11-20-24(14-36(15)27(39)19-7-9-21(30)22(31)13-19)34-29(35(4)16(2)17-5-6-17)37(28(20)40)25-10-8-18(12-23(25)32)26(38)33-3/h7-10,12-13,15-17H,5-6,11,14H2,1-4H3,(H,33,38)/t15-,16+/m1/s1. The van der Waals surface area contributed by atoms with Crippen molar-refractivity contribution in [3.63, 3.8) is 0 Å². The van der Waals surface area contributed by atoms with E-state index in [-0.39, 0.29) is 41.0 Å². The van der Waals surface area contributed by atoms with E-state index in [0.717, 1.165) is 12.8 Å². The van der Waals surface area contributed by atoms with Crippen LogP contribution in [-0.2, 0) is 13.0 Å². The van der Waals surface area contributed by atoms with Gasteiger partial charge in [0.25, 0.3) is 17.4 Å². The molecule has 5 rings (SSSR count). The van der Waals surface area contributed by atoms with E-state index < -0.39 is 0 Å². The molecular weight excluding hydrogens is 573 g/mol. The quantitative estimate of drug-likeness (QED) is 0.410. The van der Waals surface area contributed by atoms with E-state index in [4.69, 9.17) is 39.8 Å². The largest absolute Gasteiger partial charge is 0.355 e. The Morgan fingerprint density at radius 1 is 1.05 bits per heavy atom.